The van der Waals surface area contributed by atoms with Crippen LogP contribution in [0.15, 0.2) is 0 Å². The number of hydrogen-bond acceptors (Lipinski definition) is 4. The number of ether oxygens (including phenoxy) is 1. The van der Waals surface area contributed by atoms with E-state index in [0.717, 1.165) is 32.7 Å². The zero-order valence-corrected chi connectivity index (χ0v) is 15.1. The van der Waals surface area contributed by atoms with Gasteiger partial charge in [-0.05, 0) is 26.7 Å². The van der Waals surface area contributed by atoms with Gasteiger partial charge in [0.1, 0.15) is 5.60 Å². The van der Waals surface area contributed by atoms with Gasteiger partial charge in [0.25, 0.3) is 0 Å². The predicted molar refractivity (Wildman–Crippen MR) is 89.7 cm³/mol. The molecule has 2 aliphatic rings. The first-order chi connectivity index (χ1) is 10.8. The Balaban J connectivity index is 1.69. The van der Waals surface area contributed by atoms with E-state index in [0.29, 0.717) is 31.3 Å². The van der Waals surface area contributed by atoms with E-state index in [1.165, 1.54) is 0 Å². The summed E-state index contributed by atoms with van der Waals surface area (Å²) in [7, 11) is 0. The molecule has 0 aromatic rings. The van der Waals surface area contributed by atoms with Crippen LogP contribution in [0.2, 0.25) is 0 Å². The Morgan fingerprint density at radius 1 is 1.22 bits per heavy atom. The number of rotatable bonds is 4. The van der Waals surface area contributed by atoms with Crippen molar-refractivity contribution in [2.75, 3.05) is 51.7 Å². The van der Waals surface area contributed by atoms with Gasteiger partial charge in [-0.2, -0.15) is 0 Å². The fourth-order valence-electron chi connectivity index (χ4n) is 2.92. The van der Waals surface area contributed by atoms with Crippen LogP contribution >= 0.6 is 11.6 Å². The molecule has 2 heterocycles. The minimum atomic E-state index is -0.455. The summed E-state index contributed by atoms with van der Waals surface area (Å²) in [6, 6.07) is 0. The number of carbonyl (C=O) groups is 2. The summed E-state index contributed by atoms with van der Waals surface area (Å²) in [5.74, 6) is 1.06. The average Bonchev–Trinajstić information content (AvgIpc) is 2.84. The van der Waals surface area contributed by atoms with Crippen molar-refractivity contribution < 1.29 is 14.3 Å². The van der Waals surface area contributed by atoms with Gasteiger partial charge < -0.3 is 14.5 Å². The third kappa shape index (κ3) is 5.53. The summed E-state index contributed by atoms with van der Waals surface area (Å²) in [6.07, 6.45) is 0.340. The molecule has 1 atom stereocenters. The third-order valence-electron chi connectivity index (χ3n) is 4.22. The molecule has 2 amide bonds. The second-order valence-corrected chi connectivity index (χ2v) is 7.68. The second kappa shape index (κ2) is 7.71. The Morgan fingerprint density at radius 3 is 2.39 bits per heavy atom. The van der Waals surface area contributed by atoms with Gasteiger partial charge in [0.2, 0.25) is 5.91 Å². The monoisotopic (exact) mass is 345 g/mol. The zero-order chi connectivity index (χ0) is 17.0. The second-order valence-electron chi connectivity index (χ2n) is 7.37. The van der Waals surface area contributed by atoms with Crippen LogP contribution in [0.3, 0.4) is 0 Å². The Morgan fingerprint density at radius 2 is 1.87 bits per heavy atom. The first-order valence-corrected chi connectivity index (χ1v) is 8.86. The predicted octanol–water partition coefficient (Wildman–Crippen LogP) is 1.63. The first kappa shape index (κ1) is 18.3. The molecule has 23 heavy (non-hydrogen) atoms. The van der Waals surface area contributed by atoms with Crippen molar-refractivity contribution in [2.45, 2.75) is 32.8 Å². The van der Waals surface area contributed by atoms with E-state index in [1.54, 1.807) is 4.90 Å². The molecule has 0 saturated carbocycles. The van der Waals surface area contributed by atoms with Crippen molar-refractivity contribution in [1.82, 2.24) is 14.7 Å². The summed E-state index contributed by atoms with van der Waals surface area (Å²) >= 11 is 5.84. The topological polar surface area (TPSA) is 53.1 Å². The van der Waals surface area contributed by atoms with Crippen LogP contribution in [0.4, 0.5) is 4.79 Å². The van der Waals surface area contributed by atoms with Gasteiger partial charge in [0.15, 0.2) is 0 Å². The molecular formula is C16H28ClN3O3. The van der Waals surface area contributed by atoms with Gasteiger partial charge in [0.05, 0.1) is 0 Å². The van der Waals surface area contributed by atoms with Gasteiger partial charge in [-0.15, -0.1) is 11.6 Å². The summed E-state index contributed by atoms with van der Waals surface area (Å²) in [5.41, 5.74) is -0.455. The van der Waals surface area contributed by atoms with E-state index in [-0.39, 0.29) is 12.0 Å². The van der Waals surface area contributed by atoms with Crippen molar-refractivity contribution in [3.63, 3.8) is 0 Å². The number of likely N-dealkylation sites (tertiary alicyclic amines) is 1. The van der Waals surface area contributed by atoms with Crippen LogP contribution in [0.25, 0.3) is 0 Å². The Hall–Kier alpha value is -1.01. The van der Waals surface area contributed by atoms with Gasteiger partial charge in [-0.3, -0.25) is 9.69 Å². The third-order valence-corrected chi connectivity index (χ3v) is 4.66. The minimum absolute atomic E-state index is 0.211. The summed E-state index contributed by atoms with van der Waals surface area (Å²) in [4.78, 5) is 29.8. The van der Waals surface area contributed by atoms with E-state index < -0.39 is 5.60 Å². The van der Waals surface area contributed by atoms with Crippen LogP contribution < -0.4 is 0 Å². The standard InChI is InChI=1S/C16H28ClN3O3/c1-16(2,3)23-15(22)19-7-4-18(5-8-19)6-9-20-12-13(11-17)10-14(20)21/h13H,4-12H2,1-3H3. The molecule has 6 nitrogen and oxygen atoms in total. The molecule has 2 saturated heterocycles. The molecular weight excluding hydrogens is 318 g/mol. The first-order valence-electron chi connectivity index (χ1n) is 8.32. The van der Waals surface area contributed by atoms with Crippen LogP contribution in [-0.4, -0.2) is 84.0 Å². The highest BCUT2D eigenvalue weighted by Gasteiger charge is 2.30. The molecule has 0 aliphatic carbocycles. The quantitative estimate of drug-likeness (QED) is 0.727. The molecule has 0 aromatic heterocycles. The fraction of sp³-hybridized carbons (Fsp3) is 0.875. The maximum absolute atomic E-state index is 12.0. The molecule has 0 bridgehead atoms. The Bertz CT molecular complexity index is 431. The maximum Gasteiger partial charge on any atom is 0.410 e. The van der Waals surface area contributed by atoms with Crippen molar-refractivity contribution in [1.29, 1.82) is 0 Å². The van der Waals surface area contributed by atoms with Crippen LogP contribution in [0.1, 0.15) is 27.2 Å². The zero-order valence-electron chi connectivity index (χ0n) is 14.4. The molecule has 0 radical (unpaired) electrons. The molecule has 1 unspecified atom stereocenters. The Labute approximate surface area is 143 Å². The van der Waals surface area contributed by atoms with Crippen molar-refractivity contribution in [2.24, 2.45) is 5.92 Å². The van der Waals surface area contributed by atoms with Gasteiger partial charge in [-0.25, -0.2) is 4.79 Å². The average molecular weight is 346 g/mol. The van der Waals surface area contributed by atoms with E-state index in [9.17, 15) is 9.59 Å². The lowest BCUT2D eigenvalue weighted by Gasteiger charge is -2.36. The summed E-state index contributed by atoms with van der Waals surface area (Å²) < 4.78 is 5.39. The van der Waals surface area contributed by atoms with Crippen LogP contribution in [0, 0.1) is 5.92 Å². The number of hydrogen-bond donors (Lipinski definition) is 0. The summed E-state index contributed by atoms with van der Waals surface area (Å²) in [5, 5.41) is 0. The molecule has 0 N–H and O–H groups in total. The number of piperazine rings is 1. The molecule has 0 aromatic carbocycles. The number of alkyl halides is 1. The van der Waals surface area contributed by atoms with E-state index in [2.05, 4.69) is 4.90 Å². The van der Waals surface area contributed by atoms with Gasteiger partial charge >= 0.3 is 6.09 Å². The van der Waals surface area contributed by atoms with Crippen molar-refractivity contribution >= 4 is 23.6 Å². The number of carbonyl (C=O) groups excluding carboxylic acids is 2. The molecule has 2 rings (SSSR count). The minimum Gasteiger partial charge on any atom is -0.444 e. The SMILES string of the molecule is CC(C)(C)OC(=O)N1CCN(CCN2CC(CCl)CC2=O)CC1. The van der Waals surface area contributed by atoms with E-state index in [4.69, 9.17) is 16.3 Å². The number of nitrogens with zero attached hydrogens (tertiary/aromatic N) is 3. The molecule has 2 fully saturated rings. The normalized spacial score (nSPS) is 23.5. The van der Waals surface area contributed by atoms with Crippen LogP contribution in [0.5, 0.6) is 0 Å². The molecule has 0 spiro atoms. The Kier molecular flexibility index (Phi) is 6.14. The highest BCUT2D eigenvalue weighted by Crippen LogP contribution is 2.19. The lowest BCUT2D eigenvalue weighted by atomic mass is 10.1. The van der Waals surface area contributed by atoms with Gasteiger partial charge in [0, 0.05) is 58.1 Å². The van der Waals surface area contributed by atoms with E-state index in [1.807, 2.05) is 25.7 Å². The largest absolute Gasteiger partial charge is 0.444 e. The molecule has 7 heteroatoms. The highest BCUT2D eigenvalue weighted by atomic mass is 35.5. The lowest BCUT2D eigenvalue weighted by Crippen LogP contribution is -2.51. The molecule has 132 valence electrons. The smallest absolute Gasteiger partial charge is 0.410 e. The highest BCUT2D eigenvalue weighted by molar-refractivity contribution is 6.18. The summed E-state index contributed by atoms with van der Waals surface area (Å²) in [6.45, 7) is 11.0. The lowest BCUT2D eigenvalue weighted by molar-refractivity contribution is -0.127. The van der Waals surface area contributed by atoms with Crippen molar-refractivity contribution in [3.8, 4) is 0 Å². The number of amides is 2. The van der Waals surface area contributed by atoms with Gasteiger partial charge in [-0.1, -0.05) is 0 Å². The fourth-order valence-corrected chi connectivity index (χ4v) is 3.12. The van der Waals surface area contributed by atoms with E-state index >= 15 is 0 Å². The van der Waals surface area contributed by atoms with Crippen molar-refractivity contribution in [3.05, 3.63) is 0 Å². The maximum atomic E-state index is 12.0. The number of halogens is 1. The van der Waals surface area contributed by atoms with Crippen LogP contribution in [-0.2, 0) is 9.53 Å². The molecule has 2 aliphatic heterocycles.